The van der Waals surface area contributed by atoms with Gasteiger partial charge in [-0.25, -0.2) is 0 Å². The van der Waals surface area contributed by atoms with E-state index in [1.807, 2.05) is 7.05 Å². The maximum atomic E-state index is 11.0. The van der Waals surface area contributed by atoms with Crippen LogP contribution in [0.4, 0.5) is 11.4 Å². The fourth-order valence-corrected chi connectivity index (χ4v) is 4.10. The van der Waals surface area contributed by atoms with Crippen molar-refractivity contribution in [3.8, 4) is 0 Å². The van der Waals surface area contributed by atoms with Crippen LogP contribution in [0.25, 0.3) is 0 Å². The summed E-state index contributed by atoms with van der Waals surface area (Å²) in [5, 5.41) is 10.9. The number of nitro benzene ring substituents is 1. The van der Waals surface area contributed by atoms with Crippen LogP contribution in [0.2, 0.25) is 0 Å². The van der Waals surface area contributed by atoms with Gasteiger partial charge in [0.15, 0.2) is 6.29 Å². The highest BCUT2D eigenvalue weighted by Gasteiger charge is 2.39. The second kappa shape index (κ2) is 5.47. The molecule has 2 aliphatic rings. The predicted molar refractivity (Wildman–Crippen MR) is 80.7 cm³/mol. The Kier molecular flexibility index (Phi) is 3.66. The standard InChI is InChI=1S/C16H20N2O3/c1-17(9-13-7-11-2-3-12(13)6-11)15-4-5-16(18(20)21)14(8-15)10-19/h4-5,8,10-13H,2-3,6-7,9H2,1H3. The maximum absolute atomic E-state index is 11.0. The summed E-state index contributed by atoms with van der Waals surface area (Å²) in [6, 6.07) is 4.78. The molecule has 5 nitrogen and oxygen atoms in total. The minimum atomic E-state index is -0.510. The molecule has 1 aromatic rings. The third-order valence-corrected chi connectivity index (χ3v) is 5.17. The second-order valence-electron chi connectivity index (χ2n) is 6.43. The van der Waals surface area contributed by atoms with Crippen LogP contribution in [-0.4, -0.2) is 24.8 Å². The van der Waals surface area contributed by atoms with E-state index >= 15 is 0 Å². The molecule has 2 bridgehead atoms. The van der Waals surface area contributed by atoms with Crippen molar-refractivity contribution < 1.29 is 9.72 Å². The Labute approximate surface area is 124 Å². The van der Waals surface area contributed by atoms with Crippen molar-refractivity contribution in [1.82, 2.24) is 0 Å². The molecule has 2 fully saturated rings. The predicted octanol–water partition coefficient (Wildman–Crippen LogP) is 3.28. The molecule has 0 aliphatic heterocycles. The highest BCUT2D eigenvalue weighted by molar-refractivity contribution is 5.83. The molecule has 3 atom stereocenters. The third kappa shape index (κ3) is 2.64. The highest BCUT2D eigenvalue weighted by atomic mass is 16.6. The molecular weight excluding hydrogens is 268 g/mol. The topological polar surface area (TPSA) is 63.4 Å². The molecule has 0 saturated heterocycles. The van der Waals surface area contributed by atoms with Gasteiger partial charge in [0.1, 0.15) is 0 Å². The summed E-state index contributed by atoms with van der Waals surface area (Å²) in [6.45, 7) is 0.970. The number of fused-ring (bicyclic) bond motifs is 2. The molecule has 3 unspecified atom stereocenters. The van der Waals surface area contributed by atoms with Crippen LogP contribution >= 0.6 is 0 Å². The summed E-state index contributed by atoms with van der Waals surface area (Å²) < 4.78 is 0. The molecule has 0 aromatic heterocycles. The SMILES string of the molecule is CN(CC1CC2CCC1C2)c1ccc([N+](=O)[O-])c(C=O)c1. The number of benzene rings is 1. The minimum absolute atomic E-state index is 0.123. The second-order valence-corrected chi connectivity index (χ2v) is 6.43. The van der Waals surface area contributed by atoms with Crippen LogP contribution in [0.3, 0.4) is 0 Å². The average Bonchev–Trinajstić information content (AvgIpc) is 3.08. The molecule has 0 radical (unpaired) electrons. The molecule has 1 aromatic carbocycles. The van der Waals surface area contributed by atoms with Gasteiger partial charge in [0.25, 0.3) is 5.69 Å². The number of nitrogens with zero attached hydrogens (tertiary/aromatic N) is 2. The number of carbonyl (C=O) groups is 1. The molecular formula is C16H20N2O3. The summed E-state index contributed by atoms with van der Waals surface area (Å²) in [7, 11) is 2.00. The van der Waals surface area contributed by atoms with Crippen LogP contribution in [0, 0.1) is 27.9 Å². The summed E-state index contributed by atoms with van der Waals surface area (Å²) in [5.74, 6) is 2.49. The lowest BCUT2D eigenvalue weighted by Crippen LogP contribution is -2.28. The van der Waals surface area contributed by atoms with Crippen molar-refractivity contribution in [3.05, 3.63) is 33.9 Å². The summed E-state index contributed by atoms with van der Waals surface area (Å²) in [6.07, 6.45) is 5.98. The number of anilines is 1. The Balaban J connectivity index is 1.74. The molecule has 0 spiro atoms. The van der Waals surface area contributed by atoms with Gasteiger partial charge < -0.3 is 4.90 Å². The van der Waals surface area contributed by atoms with Gasteiger partial charge in [-0.3, -0.25) is 14.9 Å². The van der Waals surface area contributed by atoms with Gasteiger partial charge >= 0.3 is 0 Å². The lowest BCUT2D eigenvalue weighted by molar-refractivity contribution is -0.385. The van der Waals surface area contributed by atoms with Crippen molar-refractivity contribution in [2.24, 2.45) is 17.8 Å². The number of rotatable bonds is 5. The third-order valence-electron chi connectivity index (χ3n) is 5.17. The van der Waals surface area contributed by atoms with Crippen molar-refractivity contribution >= 4 is 17.7 Å². The van der Waals surface area contributed by atoms with E-state index in [-0.39, 0.29) is 11.3 Å². The monoisotopic (exact) mass is 288 g/mol. The molecule has 112 valence electrons. The molecule has 2 saturated carbocycles. The highest BCUT2D eigenvalue weighted by Crippen LogP contribution is 2.48. The van der Waals surface area contributed by atoms with E-state index in [1.54, 1.807) is 12.1 Å². The number of nitro groups is 1. The Bertz CT molecular complexity index is 573. The number of carbonyl (C=O) groups excluding carboxylic acids is 1. The Morgan fingerprint density at radius 2 is 2.19 bits per heavy atom. The first-order valence-corrected chi connectivity index (χ1v) is 7.53. The van der Waals surface area contributed by atoms with Gasteiger partial charge in [-0.1, -0.05) is 6.42 Å². The zero-order valence-corrected chi connectivity index (χ0v) is 12.2. The van der Waals surface area contributed by atoms with Crippen LogP contribution < -0.4 is 4.90 Å². The summed E-state index contributed by atoms with van der Waals surface area (Å²) in [5.41, 5.74) is 0.907. The van der Waals surface area contributed by atoms with E-state index in [2.05, 4.69) is 4.90 Å². The van der Waals surface area contributed by atoms with Crippen molar-refractivity contribution in [2.75, 3.05) is 18.5 Å². The van der Waals surface area contributed by atoms with E-state index in [9.17, 15) is 14.9 Å². The van der Waals surface area contributed by atoms with Gasteiger partial charge in [0, 0.05) is 25.3 Å². The lowest BCUT2D eigenvalue weighted by Gasteiger charge is -2.28. The van der Waals surface area contributed by atoms with Crippen LogP contribution in [-0.2, 0) is 0 Å². The lowest BCUT2D eigenvalue weighted by atomic mass is 9.88. The number of hydrogen-bond acceptors (Lipinski definition) is 4. The smallest absolute Gasteiger partial charge is 0.280 e. The molecule has 5 heteroatoms. The number of hydrogen-bond donors (Lipinski definition) is 0. The first kappa shape index (κ1) is 14.0. The molecule has 21 heavy (non-hydrogen) atoms. The van der Waals surface area contributed by atoms with E-state index in [0.29, 0.717) is 6.29 Å². The van der Waals surface area contributed by atoms with Gasteiger partial charge in [-0.05, 0) is 49.1 Å². The molecule has 2 aliphatic carbocycles. The summed E-state index contributed by atoms with van der Waals surface area (Å²) in [4.78, 5) is 23.5. The quantitative estimate of drug-likeness (QED) is 0.474. The van der Waals surface area contributed by atoms with Gasteiger partial charge in [-0.15, -0.1) is 0 Å². The van der Waals surface area contributed by atoms with Crippen molar-refractivity contribution in [3.63, 3.8) is 0 Å². The fourth-order valence-electron chi connectivity index (χ4n) is 4.10. The zero-order valence-electron chi connectivity index (χ0n) is 12.2. The van der Waals surface area contributed by atoms with Gasteiger partial charge in [-0.2, -0.15) is 0 Å². The first-order valence-electron chi connectivity index (χ1n) is 7.53. The first-order chi connectivity index (χ1) is 10.1. The fraction of sp³-hybridized carbons (Fsp3) is 0.562. The van der Waals surface area contributed by atoms with Crippen LogP contribution in [0.15, 0.2) is 18.2 Å². The maximum Gasteiger partial charge on any atom is 0.280 e. The minimum Gasteiger partial charge on any atom is -0.374 e. The van der Waals surface area contributed by atoms with Crippen LogP contribution in [0.5, 0.6) is 0 Å². The van der Waals surface area contributed by atoms with Crippen molar-refractivity contribution in [1.29, 1.82) is 0 Å². The largest absolute Gasteiger partial charge is 0.374 e. The Hall–Kier alpha value is -1.91. The average molecular weight is 288 g/mol. The van der Waals surface area contributed by atoms with E-state index in [4.69, 9.17) is 0 Å². The zero-order chi connectivity index (χ0) is 15.0. The Morgan fingerprint density at radius 1 is 1.38 bits per heavy atom. The van der Waals surface area contributed by atoms with E-state index < -0.39 is 4.92 Å². The van der Waals surface area contributed by atoms with Gasteiger partial charge in [0.05, 0.1) is 10.5 Å². The van der Waals surface area contributed by atoms with Crippen LogP contribution in [0.1, 0.15) is 36.0 Å². The van der Waals surface area contributed by atoms with E-state index in [1.165, 1.54) is 31.7 Å². The summed E-state index contributed by atoms with van der Waals surface area (Å²) >= 11 is 0. The normalized spacial score (nSPS) is 26.8. The molecule has 0 amide bonds. The van der Waals surface area contributed by atoms with E-state index in [0.717, 1.165) is 30.0 Å². The number of aldehydes is 1. The molecule has 3 rings (SSSR count). The molecule has 0 N–H and O–H groups in total. The van der Waals surface area contributed by atoms with Gasteiger partial charge in [0.2, 0.25) is 0 Å². The Morgan fingerprint density at radius 3 is 2.76 bits per heavy atom. The molecule has 0 heterocycles. The van der Waals surface area contributed by atoms with Crippen molar-refractivity contribution in [2.45, 2.75) is 25.7 Å².